The molecule has 1 fully saturated rings. The first-order valence-electron chi connectivity index (χ1n) is 6.95. The molecule has 2 atom stereocenters. The molecule has 0 aromatic heterocycles. The average Bonchev–Trinajstić information content (AvgIpc) is 2.44. The van der Waals surface area contributed by atoms with Gasteiger partial charge in [0.25, 0.3) is 0 Å². The molecule has 0 aliphatic carbocycles. The first-order chi connectivity index (χ1) is 10.1. The van der Waals surface area contributed by atoms with Crippen molar-refractivity contribution in [1.82, 2.24) is 4.90 Å². The van der Waals surface area contributed by atoms with Crippen LogP contribution in [-0.2, 0) is 4.79 Å². The number of carbonyl (C=O) groups excluding carboxylic acids is 1. The Morgan fingerprint density at radius 2 is 2.10 bits per heavy atom. The summed E-state index contributed by atoms with van der Waals surface area (Å²) in [6.07, 6.45) is -0.409. The number of hydrogen-bond donors (Lipinski definition) is 3. The summed E-state index contributed by atoms with van der Waals surface area (Å²) in [5.41, 5.74) is 1.09. The zero-order chi connectivity index (χ0) is 15.2. The average molecular weight is 289 g/mol. The van der Waals surface area contributed by atoms with E-state index in [4.69, 9.17) is 5.26 Å². The molecule has 0 spiro atoms. The van der Waals surface area contributed by atoms with Crippen LogP contribution < -0.4 is 5.32 Å². The van der Waals surface area contributed by atoms with Crippen molar-refractivity contribution in [1.29, 1.82) is 5.26 Å². The van der Waals surface area contributed by atoms with E-state index in [2.05, 4.69) is 5.32 Å². The molecule has 1 saturated heterocycles. The summed E-state index contributed by atoms with van der Waals surface area (Å²) in [7, 11) is 0. The maximum Gasteiger partial charge on any atom is 0.225 e. The number of aliphatic hydroxyl groups excluding tert-OH is 2. The lowest BCUT2D eigenvalue weighted by molar-refractivity contribution is -0.117. The zero-order valence-electron chi connectivity index (χ0n) is 11.7. The number of nitrogens with zero attached hydrogens (tertiary/aromatic N) is 2. The lowest BCUT2D eigenvalue weighted by atomic mass is 10.1. The van der Waals surface area contributed by atoms with E-state index in [-0.39, 0.29) is 12.3 Å². The molecule has 6 heteroatoms. The monoisotopic (exact) mass is 289 g/mol. The summed E-state index contributed by atoms with van der Waals surface area (Å²) in [6, 6.07) is 8.75. The van der Waals surface area contributed by atoms with E-state index in [1.54, 1.807) is 24.3 Å². The fraction of sp³-hybridized carbons (Fsp3) is 0.467. The van der Waals surface area contributed by atoms with Gasteiger partial charge in [0.2, 0.25) is 5.91 Å². The Bertz CT molecular complexity index is 531. The third-order valence-electron chi connectivity index (χ3n) is 3.41. The quantitative estimate of drug-likeness (QED) is 0.741. The van der Waals surface area contributed by atoms with Gasteiger partial charge in [-0.15, -0.1) is 0 Å². The molecule has 21 heavy (non-hydrogen) atoms. The summed E-state index contributed by atoms with van der Waals surface area (Å²) in [4.78, 5) is 13.8. The Morgan fingerprint density at radius 3 is 2.76 bits per heavy atom. The molecule has 3 N–H and O–H groups in total. The summed E-state index contributed by atoms with van der Waals surface area (Å²) in [5.74, 6) is -0.153. The fourth-order valence-electron chi connectivity index (χ4n) is 2.47. The Kier molecular flexibility index (Phi) is 5.28. The van der Waals surface area contributed by atoms with Crippen molar-refractivity contribution < 1.29 is 15.0 Å². The number of carbonyl (C=O) groups is 1. The maximum absolute atomic E-state index is 11.9. The zero-order valence-corrected chi connectivity index (χ0v) is 11.7. The number of nitrogens with one attached hydrogen (secondary N) is 1. The molecule has 1 aliphatic rings. The van der Waals surface area contributed by atoms with Crippen molar-refractivity contribution in [3.63, 3.8) is 0 Å². The summed E-state index contributed by atoms with van der Waals surface area (Å²) in [6.45, 7) is 1.44. The number of nitriles is 1. The highest BCUT2D eigenvalue weighted by atomic mass is 16.3. The number of piperidine rings is 1. The van der Waals surface area contributed by atoms with Gasteiger partial charge in [0.05, 0.1) is 23.8 Å². The molecular formula is C15H19N3O3. The Balaban J connectivity index is 1.80. The lowest BCUT2D eigenvalue weighted by Crippen LogP contribution is -2.46. The number of anilines is 1. The molecule has 1 heterocycles. The van der Waals surface area contributed by atoms with Gasteiger partial charge in [-0.1, -0.05) is 6.07 Å². The SMILES string of the molecule is N#Cc1cccc(NC(=O)CCN2C[C@H](O)C[C@H](O)C2)c1. The smallest absolute Gasteiger partial charge is 0.225 e. The van der Waals surface area contributed by atoms with Crippen molar-refractivity contribution in [3.8, 4) is 6.07 Å². The molecule has 112 valence electrons. The number of hydrogen-bond acceptors (Lipinski definition) is 5. The van der Waals surface area contributed by atoms with Crippen LogP contribution in [0, 0.1) is 11.3 Å². The summed E-state index contributed by atoms with van der Waals surface area (Å²) in [5, 5.41) is 30.7. The number of rotatable bonds is 4. The van der Waals surface area contributed by atoms with Crippen LogP contribution in [0.1, 0.15) is 18.4 Å². The highest BCUT2D eigenvalue weighted by Gasteiger charge is 2.24. The van der Waals surface area contributed by atoms with Gasteiger partial charge in [0.1, 0.15) is 0 Å². The van der Waals surface area contributed by atoms with E-state index in [1.165, 1.54) is 0 Å². The largest absolute Gasteiger partial charge is 0.392 e. The second kappa shape index (κ2) is 7.18. The van der Waals surface area contributed by atoms with Crippen molar-refractivity contribution in [2.75, 3.05) is 25.0 Å². The second-order valence-corrected chi connectivity index (χ2v) is 5.29. The third-order valence-corrected chi connectivity index (χ3v) is 3.41. The fourth-order valence-corrected chi connectivity index (χ4v) is 2.47. The van der Waals surface area contributed by atoms with Crippen LogP contribution in [-0.4, -0.2) is 52.9 Å². The molecule has 6 nitrogen and oxygen atoms in total. The van der Waals surface area contributed by atoms with Gasteiger partial charge in [0.15, 0.2) is 0 Å². The van der Waals surface area contributed by atoms with Gasteiger partial charge < -0.3 is 15.5 Å². The standard InChI is InChI=1S/C15H19N3O3/c16-8-11-2-1-3-12(6-11)17-15(21)4-5-18-9-13(19)7-14(20)10-18/h1-3,6,13-14,19-20H,4-5,7,9-10H2,(H,17,21)/t13-,14+. The van der Waals surface area contributed by atoms with Crippen LogP contribution in [0.2, 0.25) is 0 Å². The first kappa shape index (κ1) is 15.4. The molecular weight excluding hydrogens is 270 g/mol. The van der Waals surface area contributed by atoms with Crippen LogP contribution in [0.5, 0.6) is 0 Å². The molecule has 2 rings (SSSR count). The van der Waals surface area contributed by atoms with Gasteiger partial charge in [0, 0.05) is 38.2 Å². The van der Waals surface area contributed by atoms with E-state index in [9.17, 15) is 15.0 Å². The summed E-state index contributed by atoms with van der Waals surface area (Å²) >= 11 is 0. The number of aliphatic hydroxyl groups is 2. The van der Waals surface area contributed by atoms with Gasteiger partial charge in [-0.25, -0.2) is 0 Å². The molecule has 0 bridgehead atoms. The highest BCUT2D eigenvalue weighted by molar-refractivity contribution is 5.90. The summed E-state index contributed by atoms with van der Waals surface area (Å²) < 4.78 is 0. The van der Waals surface area contributed by atoms with Crippen molar-refractivity contribution in [2.45, 2.75) is 25.0 Å². The van der Waals surface area contributed by atoms with Crippen LogP contribution >= 0.6 is 0 Å². The van der Waals surface area contributed by atoms with Crippen molar-refractivity contribution in [3.05, 3.63) is 29.8 Å². The van der Waals surface area contributed by atoms with E-state index in [0.29, 0.717) is 37.3 Å². The lowest BCUT2D eigenvalue weighted by Gasteiger charge is -2.33. The Labute approximate surface area is 123 Å². The van der Waals surface area contributed by atoms with Gasteiger partial charge >= 0.3 is 0 Å². The number of β-amino-alcohol motifs (C(OH)–C–C–N with tert-alkyl or cyclic N) is 2. The molecule has 1 amide bonds. The molecule has 0 unspecified atom stereocenters. The number of benzene rings is 1. The van der Waals surface area contributed by atoms with E-state index >= 15 is 0 Å². The van der Waals surface area contributed by atoms with E-state index in [0.717, 1.165) is 0 Å². The highest BCUT2D eigenvalue weighted by Crippen LogP contribution is 2.12. The third kappa shape index (κ3) is 4.83. The van der Waals surface area contributed by atoms with Crippen LogP contribution in [0.25, 0.3) is 0 Å². The predicted octanol–water partition coefficient (Wildman–Crippen LogP) is 0.314. The minimum Gasteiger partial charge on any atom is -0.392 e. The molecule has 0 radical (unpaired) electrons. The topological polar surface area (TPSA) is 96.6 Å². The number of likely N-dealkylation sites (tertiary alicyclic amines) is 1. The molecule has 1 aromatic carbocycles. The predicted molar refractivity (Wildman–Crippen MR) is 77.5 cm³/mol. The minimum atomic E-state index is -0.538. The van der Waals surface area contributed by atoms with Gasteiger partial charge in [-0.2, -0.15) is 5.26 Å². The van der Waals surface area contributed by atoms with Crippen molar-refractivity contribution >= 4 is 11.6 Å². The minimum absolute atomic E-state index is 0.153. The molecule has 1 aliphatic heterocycles. The maximum atomic E-state index is 11.9. The molecule has 1 aromatic rings. The normalized spacial score (nSPS) is 22.5. The van der Waals surface area contributed by atoms with Gasteiger partial charge in [-0.05, 0) is 18.2 Å². The van der Waals surface area contributed by atoms with Gasteiger partial charge in [-0.3, -0.25) is 9.69 Å². The van der Waals surface area contributed by atoms with Crippen LogP contribution in [0.15, 0.2) is 24.3 Å². The molecule has 0 saturated carbocycles. The second-order valence-electron chi connectivity index (χ2n) is 5.29. The Hall–Kier alpha value is -1.94. The first-order valence-corrected chi connectivity index (χ1v) is 6.95. The van der Waals surface area contributed by atoms with Crippen molar-refractivity contribution in [2.24, 2.45) is 0 Å². The van der Waals surface area contributed by atoms with E-state index in [1.807, 2.05) is 11.0 Å². The van der Waals surface area contributed by atoms with E-state index < -0.39 is 12.2 Å². The Morgan fingerprint density at radius 1 is 1.38 bits per heavy atom. The number of amides is 1. The van der Waals surface area contributed by atoms with Crippen LogP contribution in [0.4, 0.5) is 5.69 Å². The van der Waals surface area contributed by atoms with Crippen LogP contribution in [0.3, 0.4) is 0 Å².